The first-order valence-corrected chi connectivity index (χ1v) is 11.8. The van der Waals surface area contributed by atoms with Crippen LogP contribution < -0.4 is 4.74 Å². The molecular formula is C31H23F3O3. The van der Waals surface area contributed by atoms with Gasteiger partial charge in [0.1, 0.15) is 5.75 Å². The standard InChI is InChI=1S/C31H23F3O3/c1-20(36-24-14-8-13-23(19-24)31(32,33)34)30(35)37-29(27-17-6-11-21-9-2-4-15-25(21)27)28-18-7-12-22-10-3-5-16-26(22)28/h2-20,29H,1H3/t20-/m1/s1. The molecule has 186 valence electrons. The van der Waals surface area contributed by atoms with Gasteiger partial charge >= 0.3 is 12.1 Å². The highest BCUT2D eigenvalue weighted by Crippen LogP contribution is 2.36. The van der Waals surface area contributed by atoms with Gasteiger partial charge < -0.3 is 9.47 Å². The maximum atomic E-state index is 13.3. The average molecular weight is 501 g/mol. The van der Waals surface area contributed by atoms with Gasteiger partial charge in [0.2, 0.25) is 0 Å². The molecule has 0 radical (unpaired) electrons. The lowest BCUT2D eigenvalue weighted by atomic mass is 9.92. The van der Waals surface area contributed by atoms with Crippen LogP contribution in [0.3, 0.4) is 0 Å². The Morgan fingerprint density at radius 3 is 1.78 bits per heavy atom. The second kappa shape index (κ2) is 9.97. The summed E-state index contributed by atoms with van der Waals surface area (Å²) in [6.07, 6.45) is -6.43. The van der Waals surface area contributed by atoms with Crippen molar-refractivity contribution in [3.05, 3.63) is 126 Å². The first-order valence-electron chi connectivity index (χ1n) is 11.8. The Kier molecular flexibility index (Phi) is 6.57. The van der Waals surface area contributed by atoms with Gasteiger partial charge in [-0.15, -0.1) is 0 Å². The van der Waals surface area contributed by atoms with Crippen molar-refractivity contribution < 1.29 is 27.4 Å². The summed E-state index contributed by atoms with van der Waals surface area (Å²) in [6, 6.07) is 31.7. The van der Waals surface area contributed by atoms with E-state index in [0.29, 0.717) is 0 Å². The molecule has 5 aromatic carbocycles. The van der Waals surface area contributed by atoms with Crippen molar-refractivity contribution in [2.45, 2.75) is 25.3 Å². The van der Waals surface area contributed by atoms with Gasteiger partial charge in [-0.2, -0.15) is 13.2 Å². The molecule has 0 aliphatic carbocycles. The van der Waals surface area contributed by atoms with Crippen molar-refractivity contribution in [1.82, 2.24) is 0 Å². The summed E-state index contributed by atoms with van der Waals surface area (Å²) in [4.78, 5) is 13.3. The van der Waals surface area contributed by atoms with Crippen LogP contribution in [0.2, 0.25) is 0 Å². The second-order valence-electron chi connectivity index (χ2n) is 8.74. The number of hydrogen-bond donors (Lipinski definition) is 0. The van der Waals surface area contributed by atoms with Crippen LogP contribution in [0.4, 0.5) is 13.2 Å². The third-order valence-corrected chi connectivity index (χ3v) is 6.25. The molecule has 37 heavy (non-hydrogen) atoms. The van der Waals surface area contributed by atoms with E-state index in [2.05, 4.69) is 0 Å². The first kappa shape index (κ1) is 24.4. The van der Waals surface area contributed by atoms with E-state index in [-0.39, 0.29) is 5.75 Å². The SMILES string of the molecule is C[C@@H](Oc1cccc(C(F)(F)F)c1)C(=O)OC(c1cccc2ccccc12)c1cccc2ccccc12. The average Bonchev–Trinajstić information content (AvgIpc) is 2.91. The first-order chi connectivity index (χ1) is 17.8. The Balaban J connectivity index is 1.52. The Morgan fingerprint density at radius 1 is 0.703 bits per heavy atom. The highest BCUT2D eigenvalue weighted by Gasteiger charge is 2.31. The number of rotatable bonds is 6. The topological polar surface area (TPSA) is 35.5 Å². The quantitative estimate of drug-likeness (QED) is 0.221. The number of esters is 1. The van der Waals surface area contributed by atoms with E-state index in [9.17, 15) is 18.0 Å². The van der Waals surface area contributed by atoms with E-state index < -0.39 is 29.9 Å². The molecule has 5 rings (SSSR count). The maximum absolute atomic E-state index is 13.3. The molecule has 0 spiro atoms. The molecule has 0 heterocycles. The predicted molar refractivity (Wildman–Crippen MR) is 137 cm³/mol. The molecule has 0 bridgehead atoms. The molecule has 3 nitrogen and oxygen atoms in total. The molecule has 0 saturated carbocycles. The molecule has 0 unspecified atom stereocenters. The number of fused-ring (bicyclic) bond motifs is 2. The summed E-state index contributed by atoms with van der Waals surface area (Å²) >= 11 is 0. The molecule has 1 atom stereocenters. The van der Waals surface area contributed by atoms with E-state index in [1.54, 1.807) is 0 Å². The van der Waals surface area contributed by atoms with Crippen molar-refractivity contribution in [2.24, 2.45) is 0 Å². The van der Waals surface area contributed by atoms with Crippen LogP contribution in [0.25, 0.3) is 21.5 Å². The predicted octanol–water partition coefficient (Wildman–Crippen LogP) is 8.11. The van der Waals surface area contributed by atoms with Gasteiger partial charge in [0.15, 0.2) is 12.2 Å². The van der Waals surface area contributed by atoms with Crippen molar-refractivity contribution in [3.8, 4) is 5.75 Å². The lowest BCUT2D eigenvalue weighted by Gasteiger charge is -2.24. The summed E-state index contributed by atoms with van der Waals surface area (Å²) in [5.74, 6) is -0.755. The van der Waals surface area contributed by atoms with Crippen LogP contribution in [0, 0.1) is 0 Å². The Hall–Kier alpha value is -4.32. The highest BCUT2D eigenvalue weighted by atomic mass is 19.4. The zero-order chi connectivity index (χ0) is 26.0. The van der Waals surface area contributed by atoms with E-state index in [4.69, 9.17) is 9.47 Å². The number of alkyl halides is 3. The number of ether oxygens (including phenoxy) is 2. The lowest BCUT2D eigenvalue weighted by Crippen LogP contribution is -2.28. The third-order valence-electron chi connectivity index (χ3n) is 6.25. The van der Waals surface area contributed by atoms with Gasteiger partial charge in [-0.1, -0.05) is 91.0 Å². The van der Waals surface area contributed by atoms with Crippen LogP contribution in [0.15, 0.2) is 109 Å². The zero-order valence-electron chi connectivity index (χ0n) is 19.9. The number of benzene rings is 5. The Morgan fingerprint density at radius 2 is 1.22 bits per heavy atom. The van der Waals surface area contributed by atoms with Gasteiger partial charge in [-0.25, -0.2) is 4.79 Å². The summed E-state index contributed by atoms with van der Waals surface area (Å²) in [5.41, 5.74) is 0.748. The molecule has 0 aliphatic rings. The van der Waals surface area contributed by atoms with Crippen molar-refractivity contribution >= 4 is 27.5 Å². The van der Waals surface area contributed by atoms with Gasteiger partial charge in [0, 0.05) is 11.1 Å². The molecule has 0 aliphatic heterocycles. The van der Waals surface area contributed by atoms with Crippen molar-refractivity contribution in [1.29, 1.82) is 0 Å². The van der Waals surface area contributed by atoms with Gasteiger partial charge in [0.25, 0.3) is 0 Å². The molecular weight excluding hydrogens is 477 g/mol. The van der Waals surface area contributed by atoms with Crippen LogP contribution in [0.1, 0.15) is 29.7 Å². The van der Waals surface area contributed by atoms with Crippen molar-refractivity contribution in [3.63, 3.8) is 0 Å². The number of halogens is 3. The smallest absolute Gasteiger partial charge is 0.416 e. The molecule has 0 saturated heterocycles. The van der Waals surface area contributed by atoms with Crippen molar-refractivity contribution in [2.75, 3.05) is 0 Å². The molecule has 6 heteroatoms. The fourth-order valence-corrected chi connectivity index (χ4v) is 4.46. The zero-order valence-corrected chi connectivity index (χ0v) is 19.9. The molecule has 0 fully saturated rings. The van der Waals surface area contributed by atoms with Crippen LogP contribution in [0.5, 0.6) is 5.75 Å². The maximum Gasteiger partial charge on any atom is 0.416 e. The van der Waals surface area contributed by atoms with E-state index in [1.165, 1.54) is 19.1 Å². The van der Waals surface area contributed by atoms with Crippen LogP contribution in [-0.4, -0.2) is 12.1 Å². The summed E-state index contributed by atoms with van der Waals surface area (Å²) in [5, 5.41) is 3.86. The minimum absolute atomic E-state index is 0.0638. The second-order valence-corrected chi connectivity index (χ2v) is 8.74. The molecule has 0 amide bonds. The highest BCUT2D eigenvalue weighted by molar-refractivity contribution is 5.90. The fraction of sp³-hybridized carbons (Fsp3) is 0.129. The van der Waals surface area contributed by atoms with Gasteiger partial charge in [0.05, 0.1) is 5.56 Å². The molecule has 0 N–H and O–H groups in total. The fourth-order valence-electron chi connectivity index (χ4n) is 4.46. The monoisotopic (exact) mass is 500 g/mol. The molecule has 0 aromatic heterocycles. The summed E-state index contributed by atoms with van der Waals surface area (Å²) < 4.78 is 51.0. The largest absolute Gasteiger partial charge is 0.479 e. The van der Waals surface area contributed by atoms with Gasteiger partial charge in [-0.3, -0.25) is 0 Å². The van der Waals surface area contributed by atoms with Crippen LogP contribution in [-0.2, 0) is 15.7 Å². The third kappa shape index (κ3) is 5.14. The Labute approximate surface area is 212 Å². The lowest BCUT2D eigenvalue weighted by molar-refractivity contribution is -0.155. The van der Waals surface area contributed by atoms with Gasteiger partial charge in [-0.05, 0) is 46.7 Å². The number of hydrogen-bond acceptors (Lipinski definition) is 3. The summed E-state index contributed by atoms with van der Waals surface area (Å²) in [7, 11) is 0. The number of carbonyl (C=O) groups excluding carboxylic acids is 1. The normalized spacial score (nSPS) is 12.6. The minimum atomic E-state index is -4.52. The summed E-state index contributed by atoms with van der Waals surface area (Å²) in [6.45, 7) is 1.46. The van der Waals surface area contributed by atoms with E-state index >= 15 is 0 Å². The number of carbonyl (C=O) groups is 1. The van der Waals surface area contributed by atoms with E-state index in [0.717, 1.165) is 44.8 Å². The van der Waals surface area contributed by atoms with E-state index in [1.807, 2.05) is 84.9 Å². The Bertz CT molecular complexity index is 1490. The minimum Gasteiger partial charge on any atom is -0.479 e. The molecule has 5 aromatic rings. The van der Waals surface area contributed by atoms with Crippen LogP contribution >= 0.6 is 0 Å².